The van der Waals surface area contributed by atoms with E-state index in [1.54, 1.807) is 54.6 Å². The first-order chi connectivity index (χ1) is 15.0. The molecule has 4 aromatic rings. The standard InChI is InChI=1S/C24H16Cl2N2O2S/c1-2-12-28-21-19(26)13-18(25)14-20(21)31-24(28)27-23(30)17-10-8-16(9-11-17)22(29)15-6-4-3-5-7-15/h2-11,13-14H,1,12H2. The first kappa shape index (κ1) is 21.2. The minimum Gasteiger partial charge on any atom is -0.311 e. The van der Waals surface area contributed by atoms with Crippen molar-refractivity contribution in [1.29, 1.82) is 0 Å². The quantitative estimate of drug-likeness (QED) is 0.261. The number of aromatic nitrogens is 1. The minimum atomic E-state index is -0.412. The van der Waals surface area contributed by atoms with Gasteiger partial charge in [-0.05, 0) is 24.3 Å². The number of carbonyl (C=O) groups excluding carboxylic acids is 2. The molecular weight excluding hydrogens is 451 g/mol. The van der Waals surface area contributed by atoms with Crippen molar-refractivity contribution in [2.24, 2.45) is 4.99 Å². The van der Waals surface area contributed by atoms with E-state index in [-0.39, 0.29) is 5.78 Å². The first-order valence-corrected chi connectivity index (χ1v) is 10.9. The van der Waals surface area contributed by atoms with Gasteiger partial charge in [-0.25, -0.2) is 0 Å². The van der Waals surface area contributed by atoms with Gasteiger partial charge in [0.25, 0.3) is 5.91 Å². The van der Waals surface area contributed by atoms with Gasteiger partial charge >= 0.3 is 0 Å². The number of amides is 1. The van der Waals surface area contributed by atoms with Crippen LogP contribution in [0.5, 0.6) is 0 Å². The molecule has 0 radical (unpaired) electrons. The van der Waals surface area contributed by atoms with E-state index in [1.807, 2.05) is 22.8 Å². The third-order valence-corrected chi connectivity index (χ3v) is 6.17. The molecule has 154 valence electrons. The van der Waals surface area contributed by atoms with Crippen LogP contribution in [0.25, 0.3) is 10.2 Å². The number of thiazole rings is 1. The number of hydrogen-bond acceptors (Lipinski definition) is 3. The van der Waals surface area contributed by atoms with Crippen molar-refractivity contribution in [2.45, 2.75) is 6.54 Å². The number of halogens is 2. The van der Waals surface area contributed by atoms with Crippen molar-refractivity contribution in [3.63, 3.8) is 0 Å². The van der Waals surface area contributed by atoms with Gasteiger partial charge in [-0.1, -0.05) is 83.1 Å². The fourth-order valence-electron chi connectivity index (χ4n) is 3.18. The smallest absolute Gasteiger partial charge is 0.279 e. The summed E-state index contributed by atoms with van der Waals surface area (Å²) in [5.41, 5.74) is 2.24. The summed E-state index contributed by atoms with van der Waals surface area (Å²) in [6, 6.07) is 18.9. The van der Waals surface area contributed by atoms with Crippen LogP contribution in [-0.2, 0) is 6.54 Å². The van der Waals surface area contributed by atoms with E-state index in [2.05, 4.69) is 11.6 Å². The summed E-state index contributed by atoms with van der Waals surface area (Å²) in [7, 11) is 0. The maximum atomic E-state index is 12.8. The van der Waals surface area contributed by atoms with Gasteiger partial charge in [-0.3, -0.25) is 9.59 Å². The van der Waals surface area contributed by atoms with Gasteiger partial charge in [0.2, 0.25) is 0 Å². The van der Waals surface area contributed by atoms with E-state index in [0.717, 1.165) is 10.2 Å². The van der Waals surface area contributed by atoms with Crippen molar-refractivity contribution in [3.8, 4) is 0 Å². The van der Waals surface area contributed by atoms with Crippen molar-refractivity contribution in [1.82, 2.24) is 4.57 Å². The SMILES string of the molecule is C=CCn1c(=NC(=O)c2ccc(C(=O)c3ccccc3)cc2)sc2cc(Cl)cc(Cl)c21. The van der Waals surface area contributed by atoms with Crippen molar-refractivity contribution in [2.75, 3.05) is 0 Å². The van der Waals surface area contributed by atoms with Crippen LogP contribution in [0.15, 0.2) is 84.4 Å². The minimum absolute atomic E-state index is 0.101. The third-order valence-electron chi connectivity index (χ3n) is 4.63. The molecule has 3 aromatic carbocycles. The zero-order valence-corrected chi connectivity index (χ0v) is 18.5. The largest absolute Gasteiger partial charge is 0.311 e. The summed E-state index contributed by atoms with van der Waals surface area (Å²) >= 11 is 13.8. The maximum absolute atomic E-state index is 12.8. The van der Waals surface area contributed by atoms with Crippen molar-refractivity contribution in [3.05, 3.63) is 111 Å². The summed E-state index contributed by atoms with van der Waals surface area (Å²) in [5.74, 6) is -0.512. The average Bonchev–Trinajstić information content (AvgIpc) is 3.11. The molecule has 4 nitrogen and oxygen atoms in total. The average molecular weight is 467 g/mol. The van der Waals surface area contributed by atoms with Crippen LogP contribution in [0.1, 0.15) is 26.3 Å². The Morgan fingerprint density at radius 1 is 0.968 bits per heavy atom. The lowest BCUT2D eigenvalue weighted by atomic mass is 10.0. The Hall–Kier alpha value is -2.99. The topological polar surface area (TPSA) is 51.4 Å². The second-order valence-corrected chi connectivity index (χ2v) is 8.56. The molecule has 31 heavy (non-hydrogen) atoms. The number of ketones is 1. The fourth-order valence-corrected chi connectivity index (χ4v) is 5.00. The highest BCUT2D eigenvalue weighted by molar-refractivity contribution is 7.16. The van der Waals surface area contributed by atoms with Crippen LogP contribution in [0.2, 0.25) is 10.0 Å². The van der Waals surface area contributed by atoms with Crippen molar-refractivity contribution < 1.29 is 9.59 Å². The van der Waals surface area contributed by atoms with Gasteiger partial charge in [0.15, 0.2) is 10.6 Å². The Kier molecular flexibility index (Phi) is 6.18. The van der Waals surface area contributed by atoms with E-state index >= 15 is 0 Å². The Balaban J connectivity index is 1.70. The number of nitrogens with zero attached hydrogens (tertiary/aromatic N) is 2. The molecule has 0 atom stereocenters. The van der Waals surface area contributed by atoms with Gasteiger partial charge in [-0.2, -0.15) is 4.99 Å². The molecule has 0 aliphatic rings. The summed E-state index contributed by atoms with van der Waals surface area (Å²) in [4.78, 5) is 30.1. The summed E-state index contributed by atoms with van der Waals surface area (Å²) in [6.45, 7) is 4.22. The Morgan fingerprint density at radius 3 is 2.29 bits per heavy atom. The van der Waals surface area contributed by atoms with Gasteiger partial charge in [0.1, 0.15) is 0 Å². The molecule has 0 saturated carbocycles. The number of benzene rings is 3. The predicted molar refractivity (Wildman–Crippen MR) is 126 cm³/mol. The van der Waals surface area contributed by atoms with Gasteiger partial charge < -0.3 is 4.57 Å². The lowest BCUT2D eigenvalue weighted by molar-refractivity contribution is 0.0994. The molecule has 7 heteroatoms. The van der Waals surface area contributed by atoms with Gasteiger partial charge in [0, 0.05) is 28.3 Å². The summed E-state index contributed by atoms with van der Waals surface area (Å²) in [6.07, 6.45) is 1.71. The molecule has 0 fully saturated rings. The molecule has 4 rings (SSSR count). The molecular formula is C24H16Cl2N2O2S. The zero-order valence-electron chi connectivity index (χ0n) is 16.2. The Labute approximate surface area is 192 Å². The Bertz CT molecular complexity index is 1370. The highest BCUT2D eigenvalue weighted by atomic mass is 35.5. The number of fused-ring (bicyclic) bond motifs is 1. The summed E-state index contributed by atoms with van der Waals surface area (Å²) < 4.78 is 2.66. The lowest BCUT2D eigenvalue weighted by Gasteiger charge is -2.04. The molecule has 0 saturated heterocycles. The molecule has 1 aromatic heterocycles. The first-order valence-electron chi connectivity index (χ1n) is 9.36. The monoisotopic (exact) mass is 466 g/mol. The Morgan fingerprint density at radius 2 is 1.61 bits per heavy atom. The fraction of sp³-hybridized carbons (Fsp3) is 0.0417. The number of rotatable bonds is 5. The molecule has 0 unspecified atom stereocenters. The van der Waals surface area contributed by atoms with Gasteiger partial charge in [0.05, 0.1) is 15.2 Å². The molecule has 0 bridgehead atoms. The predicted octanol–water partition coefficient (Wildman–Crippen LogP) is 6.17. The normalized spacial score (nSPS) is 11.6. The molecule has 0 N–H and O–H groups in total. The van der Waals surface area contributed by atoms with E-state index in [9.17, 15) is 9.59 Å². The van der Waals surface area contributed by atoms with Crippen LogP contribution in [0.3, 0.4) is 0 Å². The van der Waals surface area contributed by atoms with Crippen LogP contribution in [0.4, 0.5) is 0 Å². The molecule has 1 heterocycles. The number of hydrogen-bond donors (Lipinski definition) is 0. The van der Waals surface area contributed by atoms with Crippen molar-refractivity contribution >= 4 is 56.4 Å². The maximum Gasteiger partial charge on any atom is 0.279 e. The molecule has 0 aliphatic carbocycles. The van der Waals surface area contributed by atoms with E-state index in [0.29, 0.717) is 38.1 Å². The van der Waals surface area contributed by atoms with Crippen LogP contribution < -0.4 is 4.80 Å². The van der Waals surface area contributed by atoms with E-state index < -0.39 is 5.91 Å². The second-order valence-electron chi connectivity index (χ2n) is 6.71. The molecule has 0 aliphatic heterocycles. The van der Waals surface area contributed by atoms with E-state index in [4.69, 9.17) is 23.2 Å². The van der Waals surface area contributed by atoms with E-state index in [1.165, 1.54) is 11.3 Å². The van der Waals surface area contributed by atoms with Crippen LogP contribution in [-0.4, -0.2) is 16.3 Å². The molecule has 1 amide bonds. The highest BCUT2D eigenvalue weighted by Crippen LogP contribution is 2.29. The number of carbonyl (C=O) groups is 2. The van der Waals surface area contributed by atoms with Crippen LogP contribution >= 0.6 is 34.5 Å². The zero-order chi connectivity index (χ0) is 22.0. The summed E-state index contributed by atoms with van der Waals surface area (Å²) in [5, 5.41) is 0.999. The lowest BCUT2D eigenvalue weighted by Crippen LogP contribution is -2.16. The third kappa shape index (κ3) is 4.39. The highest BCUT2D eigenvalue weighted by Gasteiger charge is 2.13. The van der Waals surface area contributed by atoms with Gasteiger partial charge in [-0.15, -0.1) is 6.58 Å². The molecule has 0 spiro atoms. The number of allylic oxidation sites excluding steroid dienone is 1. The second kappa shape index (κ2) is 9.02. The van der Waals surface area contributed by atoms with Crippen LogP contribution in [0, 0.1) is 0 Å².